The SMILES string of the molecule is CC(C)NS(=O)(=O)c1ccc(Cl)c(C(=O)N2CCCC(C3OCCO3)C2)c1. The zero-order chi connectivity index (χ0) is 19.6. The minimum atomic E-state index is -3.71. The van der Waals surface area contributed by atoms with E-state index in [-0.39, 0.29) is 39.6 Å². The monoisotopic (exact) mass is 416 g/mol. The fourth-order valence-electron chi connectivity index (χ4n) is 3.45. The molecule has 3 rings (SSSR count). The van der Waals surface area contributed by atoms with Crippen LogP contribution < -0.4 is 4.72 Å². The smallest absolute Gasteiger partial charge is 0.255 e. The molecular formula is C18H25ClN2O5S. The van der Waals surface area contributed by atoms with Crippen molar-refractivity contribution < 1.29 is 22.7 Å². The zero-order valence-electron chi connectivity index (χ0n) is 15.5. The van der Waals surface area contributed by atoms with Gasteiger partial charge in [-0.3, -0.25) is 4.79 Å². The fraction of sp³-hybridized carbons (Fsp3) is 0.611. The lowest BCUT2D eigenvalue weighted by Crippen LogP contribution is -2.44. The van der Waals surface area contributed by atoms with Crippen molar-refractivity contribution in [3.8, 4) is 0 Å². The minimum Gasteiger partial charge on any atom is -0.350 e. The van der Waals surface area contributed by atoms with Crippen LogP contribution in [0.1, 0.15) is 37.0 Å². The summed E-state index contributed by atoms with van der Waals surface area (Å²) in [5.74, 6) is -0.164. The number of amides is 1. The van der Waals surface area contributed by atoms with Gasteiger partial charge in [0.05, 0.1) is 28.7 Å². The van der Waals surface area contributed by atoms with Gasteiger partial charge in [0, 0.05) is 25.0 Å². The number of piperidine rings is 1. The second kappa shape index (κ2) is 8.45. The number of benzene rings is 1. The molecule has 2 aliphatic heterocycles. The Balaban J connectivity index is 1.80. The Hall–Kier alpha value is -1.19. The van der Waals surface area contributed by atoms with Crippen LogP contribution in [0.3, 0.4) is 0 Å². The van der Waals surface area contributed by atoms with Gasteiger partial charge < -0.3 is 14.4 Å². The maximum Gasteiger partial charge on any atom is 0.255 e. The lowest BCUT2D eigenvalue weighted by Gasteiger charge is -2.35. The number of hydrogen-bond acceptors (Lipinski definition) is 5. The molecule has 1 unspecified atom stereocenters. The number of ether oxygens (including phenoxy) is 2. The standard InChI is InChI=1S/C18H25ClN2O5S/c1-12(2)20-27(23,24)14-5-6-16(19)15(10-14)17(22)21-7-3-4-13(11-21)18-25-8-9-26-18/h5-6,10,12-13,18,20H,3-4,7-9,11H2,1-2H3. The van der Waals surface area contributed by atoms with E-state index >= 15 is 0 Å². The van der Waals surface area contributed by atoms with Crippen LogP contribution in [0.25, 0.3) is 0 Å². The molecule has 2 aliphatic rings. The summed E-state index contributed by atoms with van der Waals surface area (Å²) in [5, 5.41) is 0.235. The normalized spacial score (nSPS) is 21.8. The number of nitrogens with zero attached hydrogens (tertiary/aromatic N) is 1. The number of likely N-dealkylation sites (tertiary alicyclic amines) is 1. The number of halogens is 1. The predicted molar refractivity (Wildman–Crippen MR) is 101 cm³/mol. The number of rotatable bonds is 5. The van der Waals surface area contributed by atoms with Crippen molar-refractivity contribution in [1.29, 1.82) is 0 Å². The molecule has 0 bridgehead atoms. The Morgan fingerprint density at radius 3 is 2.67 bits per heavy atom. The molecule has 0 saturated carbocycles. The molecule has 0 aliphatic carbocycles. The molecule has 0 aromatic heterocycles. The lowest BCUT2D eigenvalue weighted by molar-refractivity contribution is -0.0969. The van der Waals surface area contributed by atoms with E-state index < -0.39 is 10.0 Å². The van der Waals surface area contributed by atoms with E-state index in [1.807, 2.05) is 0 Å². The van der Waals surface area contributed by atoms with Gasteiger partial charge in [-0.25, -0.2) is 13.1 Å². The molecule has 2 saturated heterocycles. The van der Waals surface area contributed by atoms with Crippen LogP contribution in [0.2, 0.25) is 5.02 Å². The Labute approximate surface area is 165 Å². The maximum absolute atomic E-state index is 13.0. The second-order valence-electron chi connectivity index (χ2n) is 7.18. The van der Waals surface area contributed by atoms with Gasteiger partial charge in [0.15, 0.2) is 6.29 Å². The maximum atomic E-state index is 13.0. The molecule has 2 fully saturated rings. The largest absolute Gasteiger partial charge is 0.350 e. The molecule has 150 valence electrons. The van der Waals surface area contributed by atoms with E-state index in [0.717, 1.165) is 12.8 Å². The first-order chi connectivity index (χ1) is 12.8. The molecule has 7 nitrogen and oxygen atoms in total. The molecule has 1 aromatic carbocycles. The molecule has 1 N–H and O–H groups in total. The third-order valence-electron chi connectivity index (χ3n) is 4.65. The van der Waals surface area contributed by atoms with Crippen molar-refractivity contribution >= 4 is 27.5 Å². The van der Waals surface area contributed by atoms with Crippen LogP contribution in [-0.4, -0.2) is 57.9 Å². The molecule has 1 amide bonds. The average molecular weight is 417 g/mol. The first kappa shape index (κ1) is 20.5. The summed E-state index contributed by atoms with van der Waals surface area (Å²) in [4.78, 5) is 14.8. The summed E-state index contributed by atoms with van der Waals surface area (Å²) in [5.41, 5.74) is 0.192. The zero-order valence-corrected chi connectivity index (χ0v) is 17.1. The summed E-state index contributed by atoms with van der Waals surface area (Å²) < 4.78 is 38.5. The highest BCUT2D eigenvalue weighted by molar-refractivity contribution is 7.89. The van der Waals surface area contributed by atoms with Gasteiger partial charge in [-0.1, -0.05) is 11.6 Å². The number of hydrogen-bond donors (Lipinski definition) is 1. The van der Waals surface area contributed by atoms with Crippen LogP contribution >= 0.6 is 11.6 Å². The van der Waals surface area contributed by atoms with E-state index in [9.17, 15) is 13.2 Å². The van der Waals surface area contributed by atoms with E-state index in [2.05, 4.69) is 4.72 Å². The second-order valence-corrected chi connectivity index (χ2v) is 9.30. The number of sulfonamides is 1. The van der Waals surface area contributed by atoms with Gasteiger partial charge >= 0.3 is 0 Å². The van der Waals surface area contributed by atoms with E-state index in [4.69, 9.17) is 21.1 Å². The van der Waals surface area contributed by atoms with E-state index in [1.165, 1.54) is 18.2 Å². The lowest BCUT2D eigenvalue weighted by atomic mass is 9.96. The van der Waals surface area contributed by atoms with E-state index in [1.54, 1.807) is 18.7 Å². The minimum absolute atomic E-state index is 0.0277. The van der Waals surface area contributed by atoms with Crippen LogP contribution in [0, 0.1) is 5.92 Å². The number of carbonyl (C=O) groups excluding carboxylic acids is 1. The van der Waals surface area contributed by atoms with Crippen LogP contribution in [-0.2, 0) is 19.5 Å². The van der Waals surface area contributed by atoms with Crippen molar-refractivity contribution in [2.45, 2.75) is 43.9 Å². The highest BCUT2D eigenvalue weighted by atomic mass is 35.5. The van der Waals surface area contributed by atoms with Crippen LogP contribution in [0.15, 0.2) is 23.1 Å². The molecule has 9 heteroatoms. The van der Waals surface area contributed by atoms with E-state index in [0.29, 0.717) is 26.3 Å². The van der Waals surface area contributed by atoms with Crippen LogP contribution in [0.5, 0.6) is 0 Å². The summed E-state index contributed by atoms with van der Waals surface area (Å²) in [6.07, 6.45) is 1.48. The molecule has 2 heterocycles. The van der Waals surface area contributed by atoms with Gasteiger partial charge in [0.2, 0.25) is 10.0 Å². The predicted octanol–water partition coefficient (Wildman–Crippen LogP) is 2.25. The van der Waals surface area contributed by atoms with Gasteiger partial charge in [-0.2, -0.15) is 0 Å². The first-order valence-corrected chi connectivity index (χ1v) is 11.0. The van der Waals surface area contributed by atoms with Crippen molar-refractivity contribution in [2.24, 2.45) is 5.92 Å². The van der Waals surface area contributed by atoms with Crippen molar-refractivity contribution in [2.75, 3.05) is 26.3 Å². The summed E-state index contributed by atoms with van der Waals surface area (Å²) in [7, 11) is -3.71. The fourth-order valence-corrected chi connectivity index (χ4v) is 4.92. The Morgan fingerprint density at radius 2 is 2.00 bits per heavy atom. The van der Waals surface area contributed by atoms with Crippen LogP contribution in [0.4, 0.5) is 0 Å². The number of nitrogens with one attached hydrogen (secondary N) is 1. The quantitative estimate of drug-likeness (QED) is 0.795. The summed E-state index contributed by atoms with van der Waals surface area (Å²) in [6, 6.07) is 3.96. The molecule has 0 spiro atoms. The Kier molecular flexibility index (Phi) is 6.43. The summed E-state index contributed by atoms with van der Waals surface area (Å²) in [6.45, 7) is 5.72. The van der Waals surface area contributed by atoms with Crippen molar-refractivity contribution in [3.63, 3.8) is 0 Å². The van der Waals surface area contributed by atoms with Gasteiger partial charge in [-0.05, 0) is 44.9 Å². The third kappa shape index (κ3) is 4.81. The molecule has 27 heavy (non-hydrogen) atoms. The molecular weight excluding hydrogens is 392 g/mol. The van der Waals surface area contributed by atoms with Gasteiger partial charge in [0.1, 0.15) is 0 Å². The molecule has 1 atom stereocenters. The first-order valence-electron chi connectivity index (χ1n) is 9.12. The third-order valence-corrected chi connectivity index (χ3v) is 6.63. The van der Waals surface area contributed by atoms with Crippen molar-refractivity contribution in [3.05, 3.63) is 28.8 Å². The average Bonchev–Trinajstić information content (AvgIpc) is 3.15. The van der Waals surface area contributed by atoms with Gasteiger partial charge in [0.25, 0.3) is 5.91 Å². The highest BCUT2D eigenvalue weighted by Crippen LogP contribution is 2.28. The molecule has 0 radical (unpaired) electrons. The molecule has 1 aromatic rings. The topological polar surface area (TPSA) is 84.9 Å². The van der Waals surface area contributed by atoms with Gasteiger partial charge in [-0.15, -0.1) is 0 Å². The Bertz CT molecular complexity index is 793. The Morgan fingerprint density at radius 1 is 1.30 bits per heavy atom. The summed E-state index contributed by atoms with van der Waals surface area (Å²) >= 11 is 6.22. The highest BCUT2D eigenvalue weighted by Gasteiger charge is 2.33. The number of carbonyl (C=O) groups is 1. The van der Waals surface area contributed by atoms with Crippen molar-refractivity contribution in [1.82, 2.24) is 9.62 Å².